The standard InChI is InChI=1S/C16H35N.C2H8N2.C2H6.2C2H4/c1-11-16(10,17-12-2)15(8,9)14(6,7)13(3,4)5;1-4-2-3;3*1-2/h17H,11-12H2,1-10H3;4H,2-3H2,1H3;1-2H3;2*1-2H2. The highest BCUT2D eigenvalue weighted by Gasteiger charge is 2.53. The Balaban J connectivity index is -0.000000136. The van der Waals surface area contributed by atoms with Crippen molar-refractivity contribution in [1.29, 1.82) is 0 Å². The van der Waals surface area contributed by atoms with E-state index in [9.17, 15) is 0 Å². The Morgan fingerprint density at radius 3 is 1.19 bits per heavy atom. The summed E-state index contributed by atoms with van der Waals surface area (Å²) >= 11 is 0. The Kier molecular flexibility index (Phi) is 25.7. The molecule has 3 heteroatoms. The molecule has 0 saturated carbocycles. The van der Waals surface area contributed by atoms with E-state index in [-0.39, 0.29) is 16.4 Å². The van der Waals surface area contributed by atoms with Crippen LogP contribution in [0, 0.1) is 16.2 Å². The first-order chi connectivity index (χ1) is 12.3. The van der Waals surface area contributed by atoms with Crippen LogP contribution in [0.25, 0.3) is 0 Å². The lowest BCUT2D eigenvalue weighted by atomic mass is 9.49. The number of hydrogen-bond acceptors (Lipinski definition) is 3. The Labute approximate surface area is 174 Å². The van der Waals surface area contributed by atoms with Crippen molar-refractivity contribution in [3.05, 3.63) is 26.3 Å². The van der Waals surface area contributed by atoms with Crippen LogP contribution >= 0.6 is 0 Å². The lowest BCUT2D eigenvalue weighted by Gasteiger charge is -2.59. The van der Waals surface area contributed by atoms with Gasteiger partial charge in [-0.15, -0.1) is 26.3 Å². The maximum absolute atomic E-state index is 4.92. The first-order valence-corrected chi connectivity index (χ1v) is 10.4. The molecule has 168 valence electrons. The summed E-state index contributed by atoms with van der Waals surface area (Å²) in [4.78, 5) is 0. The van der Waals surface area contributed by atoms with Crippen molar-refractivity contribution >= 4 is 0 Å². The Hall–Kier alpha value is -0.640. The van der Waals surface area contributed by atoms with Gasteiger partial charge in [0, 0.05) is 12.2 Å². The quantitative estimate of drug-likeness (QED) is 0.355. The zero-order valence-electron chi connectivity index (χ0n) is 21.5. The van der Waals surface area contributed by atoms with Crippen molar-refractivity contribution in [3.8, 4) is 0 Å². The molecule has 0 aromatic rings. The fourth-order valence-electron chi connectivity index (χ4n) is 2.81. The highest BCUT2D eigenvalue weighted by atomic mass is 15.0. The molecule has 0 amide bonds. The molecule has 1 unspecified atom stereocenters. The lowest BCUT2D eigenvalue weighted by molar-refractivity contribution is -0.0700. The monoisotopic (exact) mass is 387 g/mol. The van der Waals surface area contributed by atoms with Crippen molar-refractivity contribution in [1.82, 2.24) is 10.6 Å². The molecule has 3 nitrogen and oxygen atoms in total. The minimum absolute atomic E-state index is 0.179. The topological polar surface area (TPSA) is 50.1 Å². The third-order valence-electron chi connectivity index (χ3n) is 6.30. The van der Waals surface area contributed by atoms with Gasteiger partial charge in [-0.2, -0.15) is 0 Å². The van der Waals surface area contributed by atoms with E-state index in [2.05, 4.69) is 106 Å². The highest BCUT2D eigenvalue weighted by Crippen LogP contribution is 2.56. The minimum atomic E-state index is 0.179. The van der Waals surface area contributed by atoms with Crippen LogP contribution in [0.3, 0.4) is 0 Å². The van der Waals surface area contributed by atoms with Gasteiger partial charge in [-0.05, 0) is 43.2 Å². The third-order valence-corrected chi connectivity index (χ3v) is 6.30. The van der Waals surface area contributed by atoms with E-state index in [1.807, 2.05) is 13.8 Å². The van der Waals surface area contributed by atoms with Crippen LogP contribution in [0.15, 0.2) is 26.3 Å². The molecule has 27 heavy (non-hydrogen) atoms. The maximum atomic E-state index is 4.92. The molecule has 0 radical (unpaired) electrons. The van der Waals surface area contributed by atoms with Crippen molar-refractivity contribution in [2.75, 3.05) is 20.3 Å². The zero-order chi connectivity index (χ0) is 23.5. The van der Waals surface area contributed by atoms with Crippen LogP contribution in [-0.2, 0) is 0 Å². The summed E-state index contributed by atoms with van der Waals surface area (Å²) in [6.07, 6.45) is 1.16. The van der Waals surface area contributed by atoms with Crippen LogP contribution in [0.2, 0.25) is 0 Å². The first kappa shape index (κ1) is 37.2. The lowest BCUT2D eigenvalue weighted by Crippen LogP contribution is -2.61. The van der Waals surface area contributed by atoms with Gasteiger partial charge in [0.05, 0.1) is 0 Å². The summed E-state index contributed by atoms with van der Waals surface area (Å²) in [7, 11) is 1.81. The van der Waals surface area contributed by atoms with Gasteiger partial charge in [-0.1, -0.05) is 76.2 Å². The fraction of sp³-hybridized carbons (Fsp3) is 0.833. The predicted molar refractivity (Wildman–Crippen MR) is 131 cm³/mol. The molecule has 0 heterocycles. The Bertz CT molecular complexity index is 299. The van der Waals surface area contributed by atoms with Crippen molar-refractivity contribution in [2.45, 2.75) is 95.0 Å². The fourth-order valence-corrected chi connectivity index (χ4v) is 2.81. The van der Waals surface area contributed by atoms with Gasteiger partial charge in [-0.25, -0.2) is 0 Å². The second-order valence-corrected chi connectivity index (χ2v) is 8.27. The number of rotatable bonds is 6. The van der Waals surface area contributed by atoms with Crippen LogP contribution in [0.4, 0.5) is 0 Å². The molecule has 4 N–H and O–H groups in total. The molecule has 0 aliphatic heterocycles. The summed E-state index contributed by atoms with van der Waals surface area (Å²) in [6.45, 7) is 41.2. The van der Waals surface area contributed by atoms with E-state index in [0.29, 0.717) is 12.1 Å². The van der Waals surface area contributed by atoms with E-state index >= 15 is 0 Å². The summed E-state index contributed by atoms with van der Waals surface area (Å²) in [5.74, 6) is 0. The van der Waals surface area contributed by atoms with Gasteiger partial charge in [-0.3, -0.25) is 0 Å². The van der Waals surface area contributed by atoms with Gasteiger partial charge >= 0.3 is 0 Å². The number of nitrogens with two attached hydrogens (primary N) is 1. The maximum Gasteiger partial charge on any atom is 0.0426 e. The van der Waals surface area contributed by atoms with E-state index < -0.39 is 0 Å². The molecule has 0 aromatic heterocycles. The van der Waals surface area contributed by atoms with E-state index in [4.69, 9.17) is 5.73 Å². The van der Waals surface area contributed by atoms with Crippen LogP contribution < -0.4 is 16.4 Å². The van der Waals surface area contributed by atoms with Gasteiger partial charge in [0.15, 0.2) is 0 Å². The van der Waals surface area contributed by atoms with Crippen molar-refractivity contribution in [3.63, 3.8) is 0 Å². The molecular weight excluding hydrogens is 330 g/mol. The van der Waals surface area contributed by atoms with E-state index in [0.717, 1.165) is 13.0 Å². The Morgan fingerprint density at radius 2 is 1.04 bits per heavy atom. The van der Waals surface area contributed by atoms with Gasteiger partial charge < -0.3 is 16.4 Å². The molecule has 0 aromatic carbocycles. The average molecular weight is 388 g/mol. The van der Waals surface area contributed by atoms with Gasteiger partial charge in [0.2, 0.25) is 0 Å². The van der Waals surface area contributed by atoms with Crippen LogP contribution in [0.5, 0.6) is 0 Å². The molecule has 1 atom stereocenters. The van der Waals surface area contributed by atoms with E-state index in [1.54, 1.807) is 7.05 Å². The zero-order valence-corrected chi connectivity index (χ0v) is 21.5. The van der Waals surface area contributed by atoms with Gasteiger partial charge in [0.25, 0.3) is 0 Å². The summed E-state index contributed by atoms with van der Waals surface area (Å²) < 4.78 is 0. The second kappa shape index (κ2) is 18.7. The van der Waals surface area contributed by atoms with Crippen LogP contribution in [0.1, 0.15) is 89.5 Å². The third kappa shape index (κ3) is 11.7. The molecule has 0 aliphatic rings. The molecular formula is C24H57N3. The number of nitrogens with one attached hydrogen (secondary N) is 2. The average Bonchev–Trinajstić information content (AvgIpc) is 2.65. The van der Waals surface area contributed by atoms with Crippen molar-refractivity contribution < 1.29 is 0 Å². The molecule has 0 aliphatic carbocycles. The smallest absolute Gasteiger partial charge is 0.0426 e. The van der Waals surface area contributed by atoms with E-state index in [1.165, 1.54) is 0 Å². The largest absolute Gasteiger partial charge is 0.319 e. The summed E-state index contributed by atoms with van der Waals surface area (Å²) in [5, 5.41) is 6.44. The highest BCUT2D eigenvalue weighted by molar-refractivity contribution is 5.06. The molecule has 0 bridgehead atoms. The molecule has 0 saturated heterocycles. The summed E-state index contributed by atoms with van der Waals surface area (Å²) in [5.41, 5.74) is 5.87. The van der Waals surface area contributed by atoms with Gasteiger partial charge in [0.1, 0.15) is 0 Å². The minimum Gasteiger partial charge on any atom is -0.319 e. The van der Waals surface area contributed by atoms with Crippen molar-refractivity contribution in [2.24, 2.45) is 22.0 Å². The molecule has 0 rings (SSSR count). The molecule has 0 spiro atoms. The molecule has 0 fully saturated rings. The second-order valence-electron chi connectivity index (χ2n) is 8.27. The number of hydrogen-bond donors (Lipinski definition) is 3. The first-order valence-electron chi connectivity index (χ1n) is 10.4. The van der Waals surface area contributed by atoms with Crippen LogP contribution in [-0.4, -0.2) is 25.8 Å². The normalized spacial score (nSPS) is 13.0. The summed E-state index contributed by atoms with van der Waals surface area (Å²) in [6, 6.07) is 0. The predicted octanol–water partition coefficient (Wildman–Crippen LogP) is 6.62. The SMILES string of the molecule is C=C.C=C.CC.CCNC(C)(CC)C(C)(C)C(C)(C)C(C)(C)C.CNCN. The Morgan fingerprint density at radius 1 is 0.741 bits per heavy atom.